The summed E-state index contributed by atoms with van der Waals surface area (Å²) in [6.45, 7) is 3.21. The van der Waals surface area contributed by atoms with Crippen LogP contribution in [0.4, 0.5) is 18.9 Å². The highest BCUT2D eigenvalue weighted by Crippen LogP contribution is 2.34. The molecule has 29 heavy (non-hydrogen) atoms. The van der Waals surface area contributed by atoms with Gasteiger partial charge in [0.1, 0.15) is 6.54 Å². The van der Waals surface area contributed by atoms with Crippen molar-refractivity contribution < 1.29 is 18.0 Å². The van der Waals surface area contributed by atoms with E-state index in [1.165, 1.54) is 17.5 Å². The second-order valence-corrected chi connectivity index (χ2v) is 7.45. The van der Waals surface area contributed by atoms with Crippen LogP contribution < -0.4 is 16.6 Å². The number of nitrogens with zero attached hydrogens (tertiary/aromatic N) is 3. The number of carbonyl (C=O) groups is 1. The van der Waals surface area contributed by atoms with Crippen molar-refractivity contribution in [1.82, 2.24) is 13.5 Å². The lowest BCUT2D eigenvalue weighted by atomic mass is 10.1. The summed E-state index contributed by atoms with van der Waals surface area (Å²) in [4.78, 5) is 37.7. The van der Waals surface area contributed by atoms with Crippen LogP contribution in [-0.4, -0.2) is 19.4 Å². The fourth-order valence-electron chi connectivity index (χ4n) is 2.89. The molecule has 1 aromatic carbocycles. The van der Waals surface area contributed by atoms with Crippen molar-refractivity contribution in [2.45, 2.75) is 33.1 Å². The SMILES string of the molecule is CC(C)Cn1c(=O)c2nscc2n(CC(=O)Nc2ccccc2C(F)(F)F)c1=O. The van der Waals surface area contributed by atoms with E-state index in [9.17, 15) is 27.6 Å². The number of amides is 1. The average Bonchev–Trinajstić information content (AvgIpc) is 3.11. The lowest BCUT2D eigenvalue weighted by Gasteiger charge is -2.15. The van der Waals surface area contributed by atoms with Crippen molar-refractivity contribution in [2.75, 3.05) is 5.32 Å². The van der Waals surface area contributed by atoms with Gasteiger partial charge in [-0.05, 0) is 29.6 Å². The summed E-state index contributed by atoms with van der Waals surface area (Å²) >= 11 is 0.951. The number of halogens is 3. The largest absolute Gasteiger partial charge is 0.418 e. The molecule has 0 spiro atoms. The minimum absolute atomic E-state index is 0.0163. The van der Waals surface area contributed by atoms with Gasteiger partial charge in [0, 0.05) is 11.9 Å². The van der Waals surface area contributed by atoms with Crippen LogP contribution in [0.5, 0.6) is 0 Å². The number of hydrogen-bond donors (Lipinski definition) is 1. The van der Waals surface area contributed by atoms with Gasteiger partial charge >= 0.3 is 11.9 Å². The Hall–Kier alpha value is -2.95. The molecule has 3 aromatic rings. The Morgan fingerprint density at radius 3 is 2.55 bits per heavy atom. The van der Waals surface area contributed by atoms with Crippen LogP contribution >= 0.6 is 11.5 Å². The summed E-state index contributed by atoms with van der Waals surface area (Å²) in [5, 5.41) is 3.65. The fourth-order valence-corrected chi connectivity index (χ4v) is 3.56. The molecule has 2 aromatic heterocycles. The van der Waals surface area contributed by atoms with Crippen molar-refractivity contribution in [3.05, 3.63) is 56.0 Å². The minimum atomic E-state index is -4.64. The molecule has 154 valence electrons. The van der Waals surface area contributed by atoms with Crippen molar-refractivity contribution in [3.8, 4) is 0 Å². The highest BCUT2D eigenvalue weighted by molar-refractivity contribution is 7.04. The molecule has 2 heterocycles. The van der Waals surface area contributed by atoms with E-state index in [4.69, 9.17) is 0 Å². The summed E-state index contributed by atoms with van der Waals surface area (Å²) in [7, 11) is 0. The van der Waals surface area contributed by atoms with Gasteiger partial charge in [0.05, 0.1) is 16.8 Å². The summed E-state index contributed by atoms with van der Waals surface area (Å²) in [5.74, 6) is -0.844. The molecule has 1 amide bonds. The first kappa shape index (κ1) is 20.8. The maximum absolute atomic E-state index is 13.1. The molecule has 0 radical (unpaired) electrons. The Bertz CT molecular complexity index is 1180. The summed E-state index contributed by atoms with van der Waals surface area (Å²) < 4.78 is 45.4. The van der Waals surface area contributed by atoms with E-state index >= 15 is 0 Å². The molecule has 3 rings (SSSR count). The molecule has 0 fully saturated rings. The third kappa shape index (κ3) is 4.24. The predicted octanol–water partition coefficient (Wildman–Crippen LogP) is 2.93. The van der Waals surface area contributed by atoms with Crippen molar-refractivity contribution in [1.29, 1.82) is 0 Å². The number of hydrogen-bond acceptors (Lipinski definition) is 5. The summed E-state index contributed by atoms with van der Waals surface area (Å²) in [6, 6.07) is 4.56. The van der Waals surface area contributed by atoms with Gasteiger partial charge < -0.3 is 5.32 Å². The van der Waals surface area contributed by atoms with Gasteiger partial charge in [0.15, 0.2) is 5.52 Å². The molecule has 0 saturated carbocycles. The number of anilines is 1. The van der Waals surface area contributed by atoms with E-state index in [1.54, 1.807) is 0 Å². The van der Waals surface area contributed by atoms with Crippen LogP contribution in [0.25, 0.3) is 11.0 Å². The van der Waals surface area contributed by atoms with Gasteiger partial charge in [0.25, 0.3) is 5.56 Å². The number of nitrogens with one attached hydrogen (secondary N) is 1. The molecule has 7 nitrogen and oxygen atoms in total. The van der Waals surface area contributed by atoms with E-state index in [2.05, 4.69) is 9.69 Å². The van der Waals surface area contributed by atoms with Crippen molar-refractivity contribution >= 4 is 34.2 Å². The van der Waals surface area contributed by atoms with Gasteiger partial charge in [-0.3, -0.25) is 18.7 Å². The van der Waals surface area contributed by atoms with Gasteiger partial charge in [-0.25, -0.2) is 4.79 Å². The van der Waals surface area contributed by atoms with E-state index in [0.29, 0.717) is 0 Å². The zero-order valence-corrected chi connectivity index (χ0v) is 16.3. The van der Waals surface area contributed by atoms with Crippen LogP contribution in [0.3, 0.4) is 0 Å². The van der Waals surface area contributed by atoms with Crippen LogP contribution in [0.2, 0.25) is 0 Å². The predicted molar refractivity (Wildman–Crippen MR) is 103 cm³/mol. The zero-order chi connectivity index (χ0) is 21.3. The second kappa shape index (κ2) is 7.82. The molecule has 0 saturated heterocycles. The normalized spacial score (nSPS) is 11.9. The van der Waals surface area contributed by atoms with Gasteiger partial charge in [-0.2, -0.15) is 17.5 Å². The number of aromatic nitrogens is 3. The monoisotopic (exact) mass is 426 g/mol. The van der Waals surface area contributed by atoms with Crippen LogP contribution in [0.1, 0.15) is 19.4 Å². The molecule has 0 aliphatic heterocycles. The number of fused-ring (bicyclic) bond motifs is 1. The van der Waals surface area contributed by atoms with Crippen molar-refractivity contribution in [2.24, 2.45) is 5.92 Å². The Balaban J connectivity index is 1.99. The summed E-state index contributed by atoms with van der Waals surface area (Å²) in [5.41, 5.74) is -2.46. The number of rotatable bonds is 5. The topological polar surface area (TPSA) is 86.0 Å². The fraction of sp³-hybridized carbons (Fsp3) is 0.333. The van der Waals surface area contributed by atoms with Crippen LogP contribution in [0.15, 0.2) is 39.2 Å². The first-order valence-electron chi connectivity index (χ1n) is 8.63. The zero-order valence-electron chi connectivity index (χ0n) is 15.5. The Labute approximate surface area is 166 Å². The first-order valence-corrected chi connectivity index (χ1v) is 9.47. The molecule has 0 atom stereocenters. The molecule has 0 bridgehead atoms. The van der Waals surface area contributed by atoms with E-state index in [-0.39, 0.29) is 23.5 Å². The van der Waals surface area contributed by atoms with E-state index < -0.39 is 41.1 Å². The highest BCUT2D eigenvalue weighted by atomic mass is 32.1. The lowest BCUT2D eigenvalue weighted by Crippen LogP contribution is -2.42. The van der Waals surface area contributed by atoms with Gasteiger partial charge in [-0.1, -0.05) is 26.0 Å². The van der Waals surface area contributed by atoms with Crippen molar-refractivity contribution in [3.63, 3.8) is 0 Å². The van der Waals surface area contributed by atoms with Gasteiger partial charge in [-0.15, -0.1) is 0 Å². The summed E-state index contributed by atoms with van der Waals surface area (Å²) in [6.07, 6.45) is -4.64. The Morgan fingerprint density at radius 1 is 1.21 bits per heavy atom. The second-order valence-electron chi connectivity index (χ2n) is 6.82. The number of para-hydroxylation sites is 1. The number of benzene rings is 1. The lowest BCUT2D eigenvalue weighted by molar-refractivity contribution is -0.137. The maximum atomic E-state index is 13.1. The number of alkyl halides is 3. The van der Waals surface area contributed by atoms with E-state index in [0.717, 1.165) is 32.8 Å². The first-order chi connectivity index (χ1) is 13.6. The van der Waals surface area contributed by atoms with E-state index in [1.807, 2.05) is 13.8 Å². The third-order valence-electron chi connectivity index (χ3n) is 4.11. The highest BCUT2D eigenvalue weighted by Gasteiger charge is 2.33. The van der Waals surface area contributed by atoms with Crippen LogP contribution in [-0.2, 0) is 24.1 Å². The molecule has 11 heteroatoms. The Morgan fingerprint density at radius 2 is 1.90 bits per heavy atom. The third-order valence-corrected chi connectivity index (χ3v) is 4.72. The average molecular weight is 426 g/mol. The maximum Gasteiger partial charge on any atom is 0.418 e. The quantitative estimate of drug-likeness (QED) is 0.680. The molecule has 0 aliphatic carbocycles. The van der Waals surface area contributed by atoms with Crippen LogP contribution in [0, 0.1) is 5.92 Å². The molecule has 1 N–H and O–H groups in total. The standard InChI is InChI=1S/C18H17F3N4O3S/c1-10(2)7-25-16(27)15-13(9-29-23-15)24(17(25)28)8-14(26)22-12-6-4-3-5-11(12)18(19,20)21/h3-6,9-10H,7-8H2,1-2H3,(H,22,26). The minimum Gasteiger partial charge on any atom is -0.324 e. The molecular weight excluding hydrogens is 409 g/mol. The van der Waals surface area contributed by atoms with Gasteiger partial charge in [0.2, 0.25) is 5.91 Å². The smallest absolute Gasteiger partial charge is 0.324 e. The molecule has 0 aliphatic rings. The molecular formula is C18H17F3N4O3S. The Kier molecular flexibility index (Phi) is 5.60. The molecule has 0 unspecified atom stereocenters. The number of carbonyl (C=O) groups excluding carboxylic acids is 1.